The summed E-state index contributed by atoms with van der Waals surface area (Å²) in [6.45, 7) is 0. The molecule has 0 aliphatic heterocycles. The molecule has 10 rings (SSSR count). The van der Waals surface area contributed by atoms with E-state index in [0.29, 0.717) is 5.56 Å². The van der Waals surface area contributed by atoms with Gasteiger partial charge in [0.2, 0.25) is 0 Å². The third-order valence-electron chi connectivity index (χ3n) is 9.90. The molecule has 0 saturated carbocycles. The van der Waals surface area contributed by atoms with Crippen molar-refractivity contribution in [3.05, 3.63) is 169 Å². The first-order valence-corrected chi connectivity index (χ1v) is 16.2. The fourth-order valence-electron chi connectivity index (χ4n) is 7.77. The first-order chi connectivity index (χ1) is 23.8. The Morgan fingerprint density at radius 3 is 1.92 bits per heavy atom. The van der Waals surface area contributed by atoms with Crippen LogP contribution in [0.5, 0.6) is 0 Å². The quantitative estimate of drug-likeness (QED) is 0.183. The van der Waals surface area contributed by atoms with Crippen molar-refractivity contribution < 1.29 is 0 Å². The maximum Gasteiger partial charge on any atom is 0.0991 e. The molecule has 2 aromatic heterocycles. The minimum absolute atomic E-state index is 0.677. The van der Waals surface area contributed by atoms with Crippen molar-refractivity contribution >= 4 is 65.2 Å². The average Bonchev–Trinajstić information content (AvgIpc) is 3.67. The molecule has 0 bridgehead atoms. The van der Waals surface area contributed by atoms with E-state index in [1.165, 1.54) is 65.5 Å². The molecule has 8 aromatic carbocycles. The van der Waals surface area contributed by atoms with Crippen molar-refractivity contribution in [1.29, 1.82) is 5.26 Å². The second-order valence-corrected chi connectivity index (χ2v) is 12.5. The molecule has 10 aromatic rings. The van der Waals surface area contributed by atoms with Crippen LogP contribution in [-0.2, 0) is 0 Å². The van der Waals surface area contributed by atoms with Gasteiger partial charge in [0.05, 0.1) is 33.7 Å². The van der Waals surface area contributed by atoms with E-state index in [9.17, 15) is 5.26 Å². The van der Waals surface area contributed by atoms with Crippen LogP contribution in [0.2, 0.25) is 0 Å². The van der Waals surface area contributed by atoms with Crippen LogP contribution < -0.4 is 0 Å². The summed E-state index contributed by atoms with van der Waals surface area (Å²) in [4.78, 5) is 0. The first kappa shape index (κ1) is 26.6. The monoisotopic (exact) mass is 609 g/mol. The van der Waals surface area contributed by atoms with Crippen molar-refractivity contribution in [1.82, 2.24) is 9.13 Å². The van der Waals surface area contributed by atoms with Gasteiger partial charge in [0, 0.05) is 38.5 Å². The van der Waals surface area contributed by atoms with E-state index >= 15 is 0 Å². The highest BCUT2D eigenvalue weighted by Gasteiger charge is 2.18. The Morgan fingerprint density at radius 1 is 0.396 bits per heavy atom. The Bertz CT molecular complexity index is 2950. The molecule has 2 heterocycles. The summed E-state index contributed by atoms with van der Waals surface area (Å²) in [5.74, 6) is 0. The van der Waals surface area contributed by atoms with Gasteiger partial charge in [-0.1, -0.05) is 103 Å². The lowest BCUT2D eigenvalue weighted by atomic mass is 9.99. The van der Waals surface area contributed by atoms with Gasteiger partial charge in [-0.05, 0) is 87.8 Å². The summed E-state index contributed by atoms with van der Waals surface area (Å²) in [7, 11) is 0. The number of benzene rings is 8. The maximum absolute atomic E-state index is 9.47. The zero-order chi connectivity index (χ0) is 31.8. The SMILES string of the molecule is N#Cc1ccc2c(ccc3ccc(-n4c5ccccc5c5cc(-c6cccc7c8ccccc8n(-c8ccccc8)c67)ccc54)cc32)c1. The van der Waals surface area contributed by atoms with Crippen molar-refractivity contribution in [2.24, 2.45) is 0 Å². The lowest BCUT2D eigenvalue weighted by molar-refractivity contribution is 1.18. The first-order valence-electron chi connectivity index (χ1n) is 16.2. The van der Waals surface area contributed by atoms with Crippen molar-refractivity contribution in [3.63, 3.8) is 0 Å². The summed E-state index contributed by atoms with van der Waals surface area (Å²) in [6, 6.07) is 60.9. The number of hydrogen-bond donors (Lipinski definition) is 0. The van der Waals surface area contributed by atoms with Gasteiger partial charge in [0.15, 0.2) is 0 Å². The fraction of sp³-hybridized carbons (Fsp3) is 0. The normalized spacial score (nSPS) is 11.7. The molecule has 3 heteroatoms. The van der Waals surface area contributed by atoms with E-state index in [4.69, 9.17) is 0 Å². The van der Waals surface area contributed by atoms with Crippen LogP contribution in [0.3, 0.4) is 0 Å². The van der Waals surface area contributed by atoms with Gasteiger partial charge >= 0.3 is 0 Å². The number of nitriles is 1. The number of nitrogens with zero attached hydrogens (tertiary/aromatic N) is 3. The van der Waals surface area contributed by atoms with Gasteiger partial charge in [0.25, 0.3) is 0 Å². The summed E-state index contributed by atoms with van der Waals surface area (Å²) in [6.07, 6.45) is 0. The highest BCUT2D eigenvalue weighted by Crippen LogP contribution is 2.41. The van der Waals surface area contributed by atoms with Gasteiger partial charge < -0.3 is 9.13 Å². The Morgan fingerprint density at radius 2 is 1.08 bits per heavy atom. The van der Waals surface area contributed by atoms with Gasteiger partial charge in [-0.3, -0.25) is 0 Å². The van der Waals surface area contributed by atoms with Gasteiger partial charge in [-0.15, -0.1) is 0 Å². The predicted molar refractivity (Wildman–Crippen MR) is 200 cm³/mol. The van der Waals surface area contributed by atoms with Crippen LogP contribution in [0.1, 0.15) is 5.56 Å². The van der Waals surface area contributed by atoms with Crippen molar-refractivity contribution in [3.8, 4) is 28.6 Å². The predicted octanol–water partition coefficient (Wildman–Crippen LogP) is 11.7. The number of para-hydroxylation sites is 4. The number of rotatable bonds is 3. The lowest BCUT2D eigenvalue weighted by Crippen LogP contribution is -1.95. The highest BCUT2D eigenvalue weighted by molar-refractivity contribution is 6.16. The van der Waals surface area contributed by atoms with E-state index in [0.717, 1.165) is 22.1 Å². The summed E-state index contributed by atoms with van der Waals surface area (Å²) in [5.41, 5.74) is 10.1. The molecule has 222 valence electrons. The highest BCUT2D eigenvalue weighted by atomic mass is 15.0. The smallest absolute Gasteiger partial charge is 0.0991 e. The van der Waals surface area contributed by atoms with E-state index in [1.54, 1.807) is 0 Å². The molecule has 0 saturated heterocycles. The molecule has 48 heavy (non-hydrogen) atoms. The van der Waals surface area contributed by atoms with Crippen LogP contribution in [-0.4, -0.2) is 9.13 Å². The number of fused-ring (bicyclic) bond motifs is 9. The van der Waals surface area contributed by atoms with Crippen LogP contribution in [0, 0.1) is 11.3 Å². The van der Waals surface area contributed by atoms with Crippen molar-refractivity contribution in [2.75, 3.05) is 0 Å². The van der Waals surface area contributed by atoms with E-state index in [-0.39, 0.29) is 0 Å². The molecule has 0 fully saturated rings. The van der Waals surface area contributed by atoms with Crippen LogP contribution >= 0.6 is 0 Å². The molecule has 0 aliphatic carbocycles. The van der Waals surface area contributed by atoms with Gasteiger partial charge in [-0.25, -0.2) is 0 Å². The zero-order valence-corrected chi connectivity index (χ0v) is 25.9. The third-order valence-corrected chi connectivity index (χ3v) is 9.90. The Balaban J connectivity index is 1.23. The Kier molecular flexibility index (Phi) is 5.64. The topological polar surface area (TPSA) is 33.6 Å². The second-order valence-electron chi connectivity index (χ2n) is 12.5. The van der Waals surface area contributed by atoms with Gasteiger partial charge in [-0.2, -0.15) is 5.26 Å². The molecule has 0 radical (unpaired) electrons. The summed E-state index contributed by atoms with van der Waals surface area (Å²) < 4.78 is 4.80. The molecular formula is C45H27N3. The lowest BCUT2D eigenvalue weighted by Gasteiger charge is -2.13. The zero-order valence-electron chi connectivity index (χ0n) is 25.9. The van der Waals surface area contributed by atoms with Gasteiger partial charge in [0.1, 0.15) is 0 Å². The molecule has 0 amide bonds. The molecule has 0 aliphatic rings. The Hall–Kier alpha value is -6.63. The fourth-order valence-corrected chi connectivity index (χ4v) is 7.77. The molecule has 0 N–H and O–H groups in total. The van der Waals surface area contributed by atoms with Crippen molar-refractivity contribution in [2.45, 2.75) is 0 Å². The summed E-state index contributed by atoms with van der Waals surface area (Å²) >= 11 is 0. The summed E-state index contributed by atoms with van der Waals surface area (Å²) in [5, 5.41) is 19.0. The minimum atomic E-state index is 0.677. The molecule has 0 spiro atoms. The number of aromatic nitrogens is 2. The third kappa shape index (κ3) is 3.81. The molecule has 0 unspecified atom stereocenters. The molecule has 3 nitrogen and oxygen atoms in total. The average molecular weight is 610 g/mol. The number of hydrogen-bond acceptors (Lipinski definition) is 1. The largest absolute Gasteiger partial charge is 0.309 e. The Labute approximate surface area is 276 Å². The second kappa shape index (κ2) is 10.2. The van der Waals surface area contributed by atoms with Crippen LogP contribution in [0.4, 0.5) is 0 Å². The minimum Gasteiger partial charge on any atom is -0.309 e. The van der Waals surface area contributed by atoms with E-state index in [1.807, 2.05) is 12.1 Å². The molecule has 0 atom stereocenters. The molecular weight excluding hydrogens is 583 g/mol. The van der Waals surface area contributed by atoms with Crippen LogP contribution in [0.15, 0.2) is 164 Å². The van der Waals surface area contributed by atoms with E-state index < -0.39 is 0 Å². The van der Waals surface area contributed by atoms with Crippen LogP contribution in [0.25, 0.3) is 87.7 Å². The van der Waals surface area contributed by atoms with E-state index in [2.05, 4.69) is 167 Å². The standard InChI is InChI=1S/C45H27N3/c46-28-29-17-23-35-31(25-29)19-18-30-20-22-34(27-40(30)35)47-42-15-6-5-12-38(42)41-26-32(21-24-44(41)47)36-13-8-14-39-37-11-4-7-16-43(37)48(45(36)39)33-9-2-1-3-10-33/h1-27H. The maximum atomic E-state index is 9.47.